The van der Waals surface area contributed by atoms with Crippen molar-refractivity contribution in [3.8, 4) is 0 Å². The number of H-pyrrole nitrogens is 1. The van der Waals surface area contributed by atoms with Gasteiger partial charge in [0.05, 0.1) is 12.1 Å². The molecule has 8 nitrogen and oxygen atoms in total. The van der Waals surface area contributed by atoms with Gasteiger partial charge in [-0.3, -0.25) is 14.4 Å². The lowest BCUT2D eigenvalue weighted by Crippen LogP contribution is -2.58. The summed E-state index contributed by atoms with van der Waals surface area (Å²) >= 11 is 0. The molecule has 0 spiro atoms. The monoisotopic (exact) mass is 500 g/mol. The van der Waals surface area contributed by atoms with Gasteiger partial charge in [0.25, 0.3) is 0 Å². The molecule has 0 radical (unpaired) electrons. The van der Waals surface area contributed by atoms with Crippen LogP contribution in [0.2, 0.25) is 0 Å². The van der Waals surface area contributed by atoms with E-state index in [1.54, 1.807) is 24.9 Å². The molecule has 2 amide bonds. The molecule has 196 valence electrons. The number of aliphatic hydroxyl groups is 1. The van der Waals surface area contributed by atoms with Crippen molar-refractivity contribution in [3.05, 3.63) is 35.8 Å². The van der Waals surface area contributed by atoms with Crippen LogP contribution in [0.15, 0.2) is 24.4 Å². The number of hydrogen-bond acceptors (Lipinski definition) is 5. The highest BCUT2D eigenvalue weighted by Gasteiger charge is 2.50. The number of nitrogens with zero attached hydrogens (tertiary/aromatic N) is 1. The summed E-state index contributed by atoms with van der Waals surface area (Å²) in [6.07, 6.45) is 3.27. The third-order valence-electron chi connectivity index (χ3n) is 8.16. The third kappa shape index (κ3) is 4.91. The number of Topliss-reactive ketones (excluding diaryl/α,β-unsaturated/α-hetero) is 1. The molecule has 2 aromatic rings. The summed E-state index contributed by atoms with van der Waals surface area (Å²) in [7, 11) is 1.65. The van der Waals surface area contributed by atoms with E-state index in [2.05, 4.69) is 15.6 Å². The van der Waals surface area contributed by atoms with Gasteiger partial charge < -0.3 is 25.6 Å². The van der Waals surface area contributed by atoms with E-state index in [9.17, 15) is 23.9 Å². The Kier molecular flexibility index (Phi) is 7.80. The van der Waals surface area contributed by atoms with Crippen molar-refractivity contribution in [1.82, 2.24) is 20.5 Å². The molecule has 1 aliphatic heterocycles. The second-order valence-corrected chi connectivity index (χ2v) is 10.3. The fourth-order valence-electron chi connectivity index (χ4n) is 6.11. The highest BCUT2D eigenvalue weighted by molar-refractivity contribution is 5.91. The van der Waals surface area contributed by atoms with Crippen LogP contribution in [0.4, 0.5) is 4.39 Å². The van der Waals surface area contributed by atoms with Crippen LogP contribution >= 0.6 is 0 Å². The van der Waals surface area contributed by atoms with Crippen LogP contribution in [0.25, 0.3) is 10.9 Å². The standard InChI is InChI=1S/C27H37FN4O4/c1-5-23(34)17-10-16-8-9-32(27(36)24(15(3)33)31-26(35)14(2)29-4)25(16)20(11-17)21-13-30-22-7-6-18(28)12-19(21)22/h6-7,12-17,20,24-25,29-30,33H,5,8-11H2,1-4H3,(H,31,35). The van der Waals surface area contributed by atoms with Gasteiger partial charge in [-0.2, -0.15) is 0 Å². The molecule has 7 unspecified atom stereocenters. The van der Waals surface area contributed by atoms with Crippen LogP contribution in [0.3, 0.4) is 0 Å². The number of nitrogens with one attached hydrogen (secondary N) is 3. The summed E-state index contributed by atoms with van der Waals surface area (Å²) in [5.41, 5.74) is 1.70. The first-order valence-corrected chi connectivity index (χ1v) is 12.9. The topological polar surface area (TPSA) is 115 Å². The lowest BCUT2D eigenvalue weighted by molar-refractivity contribution is -0.141. The van der Waals surface area contributed by atoms with Crippen LogP contribution in [-0.2, 0) is 14.4 Å². The van der Waals surface area contributed by atoms with E-state index < -0.39 is 18.2 Å². The molecular formula is C27H37FN4O4. The number of fused-ring (bicyclic) bond motifs is 2. The highest BCUT2D eigenvalue weighted by Crippen LogP contribution is 2.49. The van der Waals surface area contributed by atoms with Crippen LogP contribution in [0.5, 0.6) is 0 Å². The van der Waals surface area contributed by atoms with Crippen LogP contribution in [-0.4, -0.2) is 70.4 Å². The molecule has 4 N–H and O–H groups in total. The number of aliphatic hydroxyl groups excluding tert-OH is 1. The molecule has 9 heteroatoms. The Balaban J connectivity index is 1.70. The van der Waals surface area contributed by atoms with Gasteiger partial charge >= 0.3 is 0 Å². The van der Waals surface area contributed by atoms with E-state index in [4.69, 9.17) is 0 Å². The first-order chi connectivity index (χ1) is 17.2. The SMILES string of the molecule is CCC(=O)C1CC2CCN(C(=O)C(NC(=O)C(C)NC)C(C)O)C2C(c2c[nH]c3ccc(F)cc23)C1. The fourth-order valence-corrected chi connectivity index (χ4v) is 6.11. The van der Waals surface area contributed by atoms with Gasteiger partial charge in [0.1, 0.15) is 17.6 Å². The molecule has 2 heterocycles. The fraction of sp³-hybridized carbons (Fsp3) is 0.593. The zero-order valence-electron chi connectivity index (χ0n) is 21.4. The van der Waals surface area contributed by atoms with Crippen LogP contribution < -0.4 is 10.6 Å². The zero-order valence-corrected chi connectivity index (χ0v) is 21.4. The molecule has 36 heavy (non-hydrogen) atoms. The van der Waals surface area contributed by atoms with Crippen LogP contribution in [0.1, 0.15) is 57.9 Å². The maximum absolute atomic E-state index is 14.2. The number of carbonyl (C=O) groups is 3. The Labute approximate surface area is 211 Å². The molecule has 1 aromatic heterocycles. The maximum Gasteiger partial charge on any atom is 0.248 e. The van der Waals surface area contributed by atoms with Gasteiger partial charge in [0.2, 0.25) is 11.8 Å². The summed E-state index contributed by atoms with van der Waals surface area (Å²) in [6, 6.07) is 2.80. The Morgan fingerprint density at radius 3 is 2.67 bits per heavy atom. The normalized spacial score (nSPS) is 26.3. The number of likely N-dealkylation sites (N-methyl/N-ethyl adjacent to an activating group) is 1. The summed E-state index contributed by atoms with van der Waals surface area (Å²) in [6.45, 7) is 5.53. The molecule has 2 aliphatic rings. The summed E-state index contributed by atoms with van der Waals surface area (Å²) < 4.78 is 14.2. The van der Waals surface area contributed by atoms with Gasteiger partial charge in [-0.25, -0.2) is 4.39 Å². The predicted octanol–water partition coefficient (Wildman–Crippen LogP) is 2.47. The number of hydrogen-bond donors (Lipinski definition) is 4. The molecule has 1 saturated heterocycles. The van der Waals surface area contributed by atoms with Crippen molar-refractivity contribution in [1.29, 1.82) is 0 Å². The van der Waals surface area contributed by atoms with Gasteiger partial charge in [0, 0.05) is 47.9 Å². The largest absolute Gasteiger partial charge is 0.391 e. The van der Waals surface area contributed by atoms with Crippen molar-refractivity contribution in [2.45, 2.75) is 76.6 Å². The van der Waals surface area contributed by atoms with Crippen molar-refractivity contribution in [2.75, 3.05) is 13.6 Å². The third-order valence-corrected chi connectivity index (χ3v) is 8.16. The van der Waals surface area contributed by atoms with E-state index in [0.29, 0.717) is 25.8 Å². The molecule has 0 bridgehead atoms. The molecule has 1 saturated carbocycles. The average molecular weight is 501 g/mol. The molecule has 2 fully saturated rings. The molecule has 4 rings (SSSR count). The van der Waals surface area contributed by atoms with E-state index in [1.165, 1.54) is 19.1 Å². The molecule has 1 aromatic carbocycles. The number of halogens is 1. The lowest BCUT2D eigenvalue weighted by Gasteiger charge is -2.42. The van der Waals surface area contributed by atoms with Crippen molar-refractivity contribution in [2.24, 2.45) is 11.8 Å². The Bertz CT molecular complexity index is 1130. The summed E-state index contributed by atoms with van der Waals surface area (Å²) in [5, 5.41) is 16.7. The minimum atomic E-state index is -1.08. The number of aromatic amines is 1. The highest BCUT2D eigenvalue weighted by atomic mass is 19.1. The second-order valence-electron chi connectivity index (χ2n) is 10.3. The number of benzene rings is 1. The van der Waals surface area contributed by atoms with Crippen molar-refractivity contribution < 1.29 is 23.9 Å². The Morgan fingerprint density at radius 2 is 2.00 bits per heavy atom. The number of rotatable bonds is 8. The maximum atomic E-state index is 14.2. The zero-order chi connectivity index (χ0) is 26.1. The molecule has 1 aliphatic carbocycles. The number of amides is 2. The van der Waals surface area contributed by atoms with E-state index >= 15 is 0 Å². The van der Waals surface area contributed by atoms with Gasteiger partial charge in [-0.1, -0.05) is 6.92 Å². The predicted molar refractivity (Wildman–Crippen MR) is 135 cm³/mol. The number of likely N-dealkylation sites (tertiary alicyclic amines) is 1. The molecule has 7 atom stereocenters. The van der Waals surface area contributed by atoms with Crippen LogP contribution in [0, 0.1) is 17.7 Å². The van der Waals surface area contributed by atoms with Crippen molar-refractivity contribution in [3.63, 3.8) is 0 Å². The lowest BCUT2D eigenvalue weighted by atomic mass is 9.68. The second kappa shape index (κ2) is 10.7. The summed E-state index contributed by atoms with van der Waals surface area (Å²) in [5.74, 6) is -1.00. The average Bonchev–Trinajstić information content (AvgIpc) is 3.49. The van der Waals surface area contributed by atoms with Gasteiger partial charge in [-0.15, -0.1) is 0 Å². The first-order valence-electron chi connectivity index (χ1n) is 12.9. The van der Waals surface area contributed by atoms with E-state index in [0.717, 1.165) is 22.9 Å². The first kappa shape index (κ1) is 26.3. The minimum absolute atomic E-state index is 0.105. The quantitative estimate of drug-likeness (QED) is 0.445. The number of ketones is 1. The van der Waals surface area contributed by atoms with E-state index in [1.807, 2.05) is 13.1 Å². The Hall–Kier alpha value is -2.78. The smallest absolute Gasteiger partial charge is 0.248 e. The number of carbonyl (C=O) groups excluding carboxylic acids is 3. The van der Waals surface area contributed by atoms with Crippen molar-refractivity contribution >= 4 is 28.5 Å². The minimum Gasteiger partial charge on any atom is -0.391 e. The van der Waals surface area contributed by atoms with Gasteiger partial charge in [0.15, 0.2) is 0 Å². The van der Waals surface area contributed by atoms with Gasteiger partial charge in [-0.05, 0) is 69.8 Å². The van der Waals surface area contributed by atoms with E-state index in [-0.39, 0.29) is 47.2 Å². The number of aromatic nitrogens is 1. The molecular weight excluding hydrogens is 463 g/mol. The Morgan fingerprint density at radius 1 is 1.25 bits per heavy atom. The summed E-state index contributed by atoms with van der Waals surface area (Å²) in [4.78, 5) is 44.1.